The maximum Gasteiger partial charge on any atom is 0.416 e. The van der Waals surface area contributed by atoms with Crippen LogP contribution < -0.4 is 10.6 Å². The summed E-state index contributed by atoms with van der Waals surface area (Å²) < 4.78 is 77.9. The fourth-order valence-electron chi connectivity index (χ4n) is 3.79. The zero-order valence-corrected chi connectivity index (χ0v) is 17.0. The number of halogens is 6. The van der Waals surface area contributed by atoms with Crippen molar-refractivity contribution in [1.29, 1.82) is 0 Å². The predicted molar refractivity (Wildman–Crippen MR) is 110 cm³/mol. The van der Waals surface area contributed by atoms with Gasteiger partial charge in [-0.15, -0.1) is 0 Å². The van der Waals surface area contributed by atoms with Crippen LogP contribution in [0.2, 0.25) is 0 Å². The average molecular weight is 456 g/mol. The number of carbonyl (C=O) groups is 1. The highest BCUT2D eigenvalue weighted by molar-refractivity contribution is 5.89. The highest BCUT2D eigenvalue weighted by atomic mass is 19.4. The van der Waals surface area contributed by atoms with Gasteiger partial charge in [-0.1, -0.05) is 43.3 Å². The fraction of sp³-hybridized carbons (Fsp3) is 0.348. The van der Waals surface area contributed by atoms with E-state index in [4.69, 9.17) is 0 Å². The van der Waals surface area contributed by atoms with Crippen LogP contribution in [0.15, 0.2) is 55.1 Å². The topological polar surface area (TPSA) is 41.1 Å². The Morgan fingerprint density at radius 3 is 1.97 bits per heavy atom. The van der Waals surface area contributed by atoms with E-state index in [0.29, 0.717) is 18.6 Å². The van der Waals surface area contributed by atoms with E-state index in [0.717, 1.165) is 30.4 Å². The lowest BCUT2D eigenvalue weighted by Crippen LogP contribution is -2.43. The van der Waals surface area contributed by atoms with Crippen molar-refractivity contribution < 1.29 is 31.1 Å². The van der Waals surface area contributed by atoms with Gasteiger partial charge in [-0.2, -0.15) is 26.3 Å². The molecule has 0 saturated heterocycles. The molecule has 0 heterocycles. The van der Waals surface area contributed by atoms with E-state index in [1.54, 1.807) is 0 Å². The van der Waals surface area contributed by atoms with Crippen LogP contribution in [-0.4, -0.2) is 12.6 Å². The van der Waals surface area contributed by atoms with Gasteiger partial charge in [-0.25, -0.2) is 4.79 Å². The first-order valence-electron chi connectivity index (χ1n) is 9.96. The summed E-state index contributed by atoms with van der Waals surface area (Å²) in [5.41, 5.74) is -1.92. The number of benzene rings is 2. The van der Waals surface area contributed by atoms with Gasteiger partial charge in [-0.05, 0) is 54.0 Å². The first kappa shape index (κ1) is 23.7. The zero-order valence-electron chi connectivity index (χ0n) is 17.0. The van der Waals surface area contributed by atoms with Crippen molar-refractivity contribution in [2.24, 2.45) is 5.41 Å². The second-order valence-corrected chi connectivity index (χ2v) is 8.10. The smallest absolute Gasteiger partial charge is 0.337 e. The van der Waals surface area contributed by atoms with Crippen LogP contribution in [-0.2, 0) is 12.4 Å². The van der Waals surface area contributed by atoms with E-state index >= 15 is 0 Å². The molecule has 0 bridgehead atoms. The lowest BCUT2D eigenvalue weighted by Gasteiger charge is -2.42. The quantitative estimate of drug-likeness (QED) is 0.447. The number of allylic oxidation sites excluding steroid dienone is 1. The van der Waals surface area contributed by atoms with Crippen molar-refractivity contribution in [2.75, 3.05) is 11.9 Å². The number of urea groups is 1. The molecule has 1 fully saturated rings. The van der Waals surface area contributed by atoms with Gasteiger partial charge in [0.15, 0.2) is 0 Å². The largest absolute Gasteiger partial charge is 0.416 e. The number of anilines is 1. The predicted octanol–water partition coefficient (Wildman–Crippen LogP) is 7.12. The third-order valence-electron chi connectivity index (χ3n) is 5.65. The SMILES string of the molecule is C=C(CC1(CNC(=O)Nc2cc(C(F)(F)F)cc(C(F)(F)F)c2)CCC1)c1ccccc1. The minimum absolute atomic E-state index is 0.0155. The highest BCUT2D eigenvalue weighted by Crippen LogP contribution is 2.46. The summed E-state index contributed by atoms with van der Waals surface area (Å²) in [6.07, 6.45) is -6.71. The third-order valence-corrected chi connectivity index (χ3v) is 5.65. The Kier molecular flexibility index (Phi) is 6.57. The van der Waals surface area contributed by atoms with E-state index in [1.807, 2.05) is 30.3 Å². The molecule has 3 nitrogen and oxygen atoms in total. The Labute approximate surface area is 181 Å². The van der Waals surface area contributed by atoms with Crippen molar-refractivity contribution in [1.82, 2.24) is 5.32 Å². The number of alkyl halides is 6. The summed E-state index contributed by atoms with van der Waals surface area (Å²) in [5.74, 6) is 0. The van der Waals surface area contributed by atoms with Crippen molar-refractivity contribution >= 4 is 17.3 Å². The summed E-state index contributed by atoms with van der Waals surface area (Å²) in [7, 11) is 0. The molecule has 0 aliphatic heterocycles. The number of carbonyl (C=O) groups excluding carboxylic acids is 1. The maximum absolute atomic E-state index is 13.0. The van der Waals surface area contributed by atoms with Crippen LogP contribution in [0, 0.1) is 5.41 Å². The summed E-state index contributed by atoms with van der Waals surface area (Å²) in [5, 5.41) is 4.69. The molecule has 2 aromatic rings. The molecular weight excluding hydrogens is 434 g/mol. The molecule has 1 saturated carbocycles. The van der Waals surface area contributed by atoms with Crippen molar-refractivity contribution in [3.63, 3.8) is 0 Å². The molecule has 32 heavy (non-hydrogen) atoms. The molecule has 0 spiro atoms. The van der Waals surface area contributed by atoms with Crippen LogP contribution in [0.25, 0.3) is 5.57 Å². The zero-order chi connectivity index (χ0) is 23.6. The van der Waals surface area contributed by atoms with Crippen LogP contribution in [0.4, 0.5) is 36.8 Å². The first-order chi connectivity index (χ1) is 14.9. The van der Waals surface area contributed by atoms with Gasteiger partial charge in [0.25, 0.3) is 0 Å². The number of amides is 2. The number of rotatable bonds is 6. The monoisotopic (exact) mass is 456 g/mol. The van der Waals surface area contributed by atoms with E-state index < -0.39 is 35.2 Å². The Hall–Kier alpha value is -2.97. The summed E-state index contributed by atoms with van der Waals surface area (Å²) in [6.45, 7) is 4.34. The number of nitrogens with one attached hydrogen (secondary N) is 2. The Morgan fingerprint density at radius 1 is 0.938 bits per heavy atom. The molecule has 0 radical (unpaired) electrons. The third kappa shape index (κ3) is 5.83. The van der Waals surface area contributed by atoms with Crippen molar-refractivity contribution in [2.45, 2.75) is 38.0 Å². The van der Waals surface area contributed by atoms with Gasteiger partial charge in [0.1, 0.15) is 0 Å². The van der Waals surface area contributed by atoms with Gasteiger partial charge in [-0.3, -0.25) is 0 Å². The van der Waals surface area contributed by atoms with Crippen molar-refractivity contribution in [3.05, 3.63) is 71.8 Å². The molecular formula is C23H22F6N2O. The van der Waals surface area contributed by atoms with E-state index in [1.165, 1.54) is 0 Å². The standard InChI is InChI=1S/C23H22F6N2O/c1-15(16-6-3-2-4-7-16)13-21(8-5-9-21)14-30-20(32)31-19-11-17(22(24,25)26)10-18(12-19)23(27,28)29/h2-4,6-7,10-12H,1,5,8-9,13-14H2,(H2,30,31,32). The number of hydrogen-bond acceptors (Lipinski definition) is 1. The lowest BCUT2D eigenvalue weighted by atomic mass is 9.65. The number of hydrogen-bond donors (Lipinski definition) is 2. The second-order valence-electron chi connectivity index (χ2n) is 8.10. The van der Waals surface area contributed by atoms with Gasteiger partial charge in [0.05, 0.1) is 11.1 Å². The van der Waals surface area contributed by atoms with E-state index in [-0.39, 0.29) is 18.0 Å². The van der Waals surface area contributed by atoms with Crippen LogP contribution in [0.1, 0.15) is 42.4 Å². The molecule has 172 valence electrons. The second kappa shape index (κ2) is 8.88. The summed E-state index contributed by atoms with van der Waals surface area (Å²) in [4.78, 5) is 12.3. The lowest BCUT2D eigenvalue weighted by molar-refractivity contribution is -0.143. The molecule has 1 aliphatic carbocycles. The molecule has 2 aromatic carbocycles. The minimum atomic E-state index is -4.98. The van der Waals surface area contributed by atoms with Gasteiger partial charge in [0.2, 0.25) is 0 Å². The fourth-order valence-corrected chi connectivity index (χ4v) is 3.79. The molecule has 0 atom stereocenters. The highest BCUT2D eigenvalue weighted by Gasteiger charge is 2.39. The van der Waals surface area contributed by atoms with Crippen molar-refractivity contribution in [3.8, 4) is 0 Å². The molecule has 9 heteroatoms. The maximum atomic E-state index is 13.0. The van der Waals surface area contributed by atoms with Gasteiger partial charge in [0, 0.05) is 12.2 Å². The normalized spacial score (nSPS) is 15.6. The van der Waals surface area contributed by atoms with Crippen LogP contribution in [0.3, 0.4) is 0 Å². The van der Waals surface area contributed by atoms with Gasteiger partial charge >= 0.3 is 18.4 Å². The first-order valence-corrected chi connectivity index (χ1v) is 9.96. The summed E-state index contributed by atoms with van der Waals surface area (Å²) in [6, 6.07) is 9.64. The van der Waals surface area contributed by atoms with E-state index in [9.17, 15) is 31.1 Å². The summed E-state index contributed by atoms with van der Waals surface area (Å²) >= 11 is 0. The van der Waals surface area contributed by atoms with Gasteiger partial charge < -0.3 is 10.6 Å². The Bertz CT molecular complexity index is 946. The molecule has 0 unspecified atom stereocenters. The van der Waals surface area contributed by atoms with Crippen LogP contribution >= 0.6 is 0 Å². The molecule has 3 rings (SSSR count). The Balaban J connectivity index is 1.67. The Morgan fingerprint density at radius 2 is 1.50 bits per heavy atom. The van der Waals surface area contributed by atoms with E-state index in [2.05, 4.69) is 17.2 Å². The average Bonchev–Trinajstić information content (AvgIpc) is 2.69. The molecule has 2 N–H and O–H groups in total. The van der Waals surface area contributed by atoms with Crippen LogP contribution in [0.5, 0.6) is 0 Å². The minimum Gasteiger partial charge on any atom is -0.337 e. The molecule has 0 aromatic heterocycles. The molecule has 1 aliphatic rings. The molecule has 2 amide bonds.